The lowest BCUT2D eigenvalue weighted by molar-refractivity contribution is 0.0641. The van der Waals surface area contributed by atoms with E-state index in [1.54, 1.807) is 18.3 Å². The second kappa shape index (κ2) is 6.13. The van der Waals surface area contributed by atoms with Crippen molar-refractivity contribution in [3.05, 3.63) is 29.0 Å². The van der Waals surface area contributed by atoms with E-state index in [9.17, 15) is 4.79 Å². The molecule has 2 N–H and O–H groups in total. The Balaban J connectivity index is 1.95. The third-order valence-corrected chi connectivity index (χ3v) is 3.29. The number of amides is 1. The molecule has 0 saturated carbocycles. The zero-order chi connectivity index (χ0) is 13.0. The SMILES string of the molecule is NCCN1CCN(C(=O)c2ccnc(Cl)c2)CC1. The molecule has 0 atom stereocenters. The first-order valence-corrected chi connectivity index (χ1v) is 6.42. The van der Waals surface area contributed by atoms with E-state index in [1.807, 2.05) is 4.90 Å². The van der Waals surface area contributed by atoms with Gasteiger partial charge < -0.3 is 10.6 Å². The van der Waals surface area contributed by atoms with Gasteiger partial charge in [-0.3, -0.25) is 9.69 Å². The van der Waals surface area contributed by atoms with E-state index in [0.717, 1.165) is 32.7 Å². The smallest absolute Gasteiger partial charge is 0.254 e. The first kappa shape index (κ1) is 13.3. The number of piperazine rings is 1. The van der Waals surface area contributed by atoms with Crippen molar-refractivity contribution in [1.82, 2.24) is 14.8 Å². The highest BCUT2D eigenvalue weighted by atomic mass is 35.5. The van der Waals surface area contributed by atoms with E-state index < -0.39 is 0 Å². The molecule has 2 heterocycles. The molecule has 0 unspecified atom stereocenters. The summed E-state index contributed by atoms with van der Waals surface area (Å²) in [6, 6.07) is 3.30. The van der Waals surface area contributed by atoms with Gasteiger partial charge in [-0.05, 0) is 12.1 Å². The topological polar surface area (TPSA) is 62.5 Å². The monoisotopic (exact) mass is 268 g/mol. The van der Waals surface area contributed by atoms with Gasteiger partial charge in [0.05, 0.1) is 0 Å². The van der Waals surface area contributed by atoms with Crippen LogP contribution in [0.25, 0.3) is 0 Å². The van der Waals surface area contributed by atoms with Gasteiger partial charge in [-0.1, -0.05) is 11.6 Å². The van der Waals surface area contributed by atoms with E-state index in [2.05, 4.69) is 9.88 Å². The lowest BCUT2D eigenvalue weighted by Crippen LogP contribution is -2.49. The third kappa shape index (κ3) is 3.19. The Morgan fingerprint density at radius 1 is 1.39 bits per heavy atom. The molecule has 98 valence electrons. The van der Waals surface area contributed by atoms with Crippen molar-refractivity contribution < 1.29 is 4.79 Å². The van der Waals surface area contributed by atoms with Crippen molar-refractivity contribution in [2.75, 3.05) is 39.3 Å². The fourth-order valence-corrected chi connectivity index (χ4v) is 2.25. The molecule has 0 spiro atoms. The van der Waals surface area contributed by atoms with Crippen molar-refractivity contribution in [3.8, 4) is 0 Å². The lowest BCUT2D eigenvalue weighted by Gasteiger charge is -2.34. The maximum absolute atomic E-state index is 12.2. The van der Waals surface area contributed by atoms with Crippen LogP contribution >= 0.6 is 11.6 Å². The molecule has 0 aliphatic carbocycles. The average molecular weight is 269 g/mol. The number of aromatic nitrogens is 1. The van der Waals surface area contributed by atoms with Gasteiger partial charge in [0.15, 0.2) is 0 Å². The number of nitrogens with zero attached hydrogens (tertiary/aromatic N) is 3. The van der Waals surface area contributed by atoms with E-state index >= 15 is 0 Å². The molecular formula is C12H17ClN4O. The molecule has 1 saturated heterocycles. The van der Waals surface area contributed by atoms with Crippen molar-refractivity contribution in [3.63, 3.8) is 0 Å². The van der Waals surface area contributed by atoms with Crippen molar-refractivity contribution in [1.29, 1.82) is 0 Å². The maximum atomic E-state index is 12.2. The molecule has 5 nitrogen and oxygen atoms in total. The summed E-state index contributed by atoms with van der Waals surface area (Å²) >= 11 is 5.79. The van der Waals surface area contributed by atoms with Crippen molar-refractivity contribution >= 4 is 17.5 Å². The zero-order valence-electron chi connectivity index (χ0n) is 10.2. The van der Waals surface area contributed by atoms with Crippen LogP contribution in [0.4, 0.5) is 0 Å². The van der Waals surface area contributed by atoms with Crippen LogP contribution < -0.4 is 5.73 Å². The minimum Gasteiger partial charge on any atom is -0.336 e. The molecule has 1 aromatic heterocycles. The number of carbonyl (C=O) groups is 1. The highest BCUT2D eigenvalue weighted by Crippen LogP contribution is 2.11. The maximum Gasteiger partial charge on any atom is 0.254 e. The first-order chi connectivity index (χ1) is 8.70. The molecule has 0 aromatic carbocycles. The summed E-state index contributed by atoms with van der Waals surface area (Å²) in [4.78, 5) is 20.2. The number of hydrogen-bond donors (Lipinski definition) is 1. The largest absolute Gasteiger partial charge is 0.336 e. The fraction of sp³-hybridized carbons (Fsp3) is 0.500. The summed E-state index contributed by atoms with van der Waals surface area (Å²) in [5.74, 6) is 0.0201. The molecule has 2 rings (SSSR count). The summed E-state index contributed by atoms with van der Waals surface area (Å²) in [5.41, 5.74) is 6.12. The summed E-state index contributed by atoms with van der Waals surface area (Å²) < 4.78 is 0. The van der Waals surface area contributed by atoms with Crippen molar-refractivity contribution in [2.45, 2.75) is 0 Å². The Morgan fingerprint density at radius 3 is 2.72 bits per heavy atom. The number of nitrogens with two attached hydrogens (primary N) is 1. The number of pyridine rings is 1. The Morgan fingerprint density at radius 2 is 2.11 bits per heavy atom. The Labute approximate surface area is 112 Å². The van der Waals surface area contributed by atoms with Crippen LogP contribution in [0.5, 0.6) is 0 Å². The molecule has 0 bridgehead atoms. The number of rotatable bonds is 3. The van der Waals surface area contributed by atoms with Gasteiger partial charge in [-0.2, -0.15) is 0 Å². The van der Waals surface area contributed by atoms with Crippen LogP contribution in [0.3, 0.4) is 0 Å². The summed E-state index contributed by atoms with van der Waals surface area (Å²) in [5, 5.41) is 0.350. The van der Waals surface area contributed by atoms with Gasteiger partial charge in [0.2, 0.25) is 0 Å². The average Bonchev–Trinajstić information content (AvgIpc) is 2.39. The van der Waals surface area contributed by atoms with Gasteiger partial charge >= 0.3 is 0 Å². The predicted octanol–water partition coefficient (Wildman–Crippen LogP) is 0.452. The first-order valence-electron chi connectivity index (χ1n) is 6.04. The fourth-order valence-electron chi connectivity index (χ4n) is 2.08. The molecule has 1 aliphatic heterocycles. The van der Waals surface area contributed by atoms with E-state index in [1.165, 1.54) is 0 Å². The van der Waals surface area contributed by atoms with Crippen LogP contribution in [-0.2, 0) is 0 Å². The standard InChI is InChI=1S/C12H17ClN4O/c13-11-9-10(1-3-15-11)12(18)17-7-5-16(4-2-14)6-8-17/h1,3,9H,2,4-8,14H2. The Hall–Kier alpha value is -1.17. The van der Waals surface area contributed by atoms with Crippen LogP contribution in [0.2, 0.25) is 5.15 Å². The predicted molar refractivity (Wildman–Crippen MR) is 70.6 cm³/mol. The highest BCUT2D eigenvalue weighted by Gasteiger charge is 2.21. The molecule has 1 aromatic rings. The van der Waals surface area contributed by atoms with Gasteiger partial charge in [0.25, 0.3) is 5.91 Å². The Kier molecular flexibility index (Phi) is 4.52. The van der Waals surface area contributed by atoms with Crippen LogP contribution in [0.1, 0.15) is 10.4 Å². The van der Waals surface area contributed by atoms with E-state index in [0.29, 0.717) is 17.3 Å². The molecular weight excluding hydrogens is 252 g/mol. The van der Waals surface area contributed by atoms with Crippen molar-refractivity contribution in [2.24, 2.45) is 5.73 Å². The van der Waals surface area contributed by atoms with Gasteiger partial charge in [-0.25, -0.2) is 4.98 Å². The number of halogens is 1. The van der Waals surface area contributed by atoms with Crippen LogP contribution in [0.15, 0.2) is 18.3 Å². The minimum absolute atomic E-state index is 0.0201. The van der Waals surface area contributed by atoms with Gasteiger partial charge in [0, 0.05) is 51.0 Å². The van der Waals surface area contributed by atoms with Gasteiger partial charge in [-0.15, -0.1) is 0 Å². The number of carbonyl (C=O) groups excluding carboxylic acids is 1. The van der Waals surface area contributed by atoms with Gasteiger partial charge in [0.1, 0.15) is 5.15 Å². The van der Waals surface area contributed by atoms with E-state index in [4.69, 9.17) is 17.3 Å². The van der Waals surface area contributed by atoms with Crippen LogP contribution in [-0.4, -0.2) is 60.0 Å². The lowest BCUT2D eigenvalue weighted by atomic mass is 10.2. The highest BCUT2D eigenvalue weighted by molar-refractivity contribution is 6.29. The zero-order valence-corrected chi connectivity index (χ0v) is 10.9. The summed E-state index contributed by atoms with van der Waals surface area (Å²) in [6.45, 7) is 4.78. The summed E-state index contributed by atoms with van der Waals surface area (Å²) in [7, 11) is 0. The molecule has 1 amide bonds. The minimum atomic E-state index is 0.0201. The molecule has 6 heteroatoms. The molecule has 1 fully saturated rings. The second-order valence-electron chi connectivity index (χ2n) is 4.29. The second-order valence-corrected chi connectivity index (χ2v) is 4.68. The molecule has 0 radical (unpaired) electrons. The summed E-state index contributed by atoms with van der Waals surface area (Å²) in [6.07, 6.45) is 1.56. The molecule has 1 aliphatic rings. The Bertz CT molecular complexity index is 418. The van der Waals surface area contributed by atoms with Crippen LogP contribution in [0, 0.1) is 0 Å². The quantitative estimate of drug-likeness (QED) is 0.809. The number of hydrogen-bond acceptors (Lipinski definition) is 4. The normalized spacial score (nSPS) is 16.9. The third-order valence-electron chi connectivity index (χ3n) is 3.08. The molecule has 18 heavy (non-hydrogen) atoms. The van der Waals surface area contributed by atoms with E-state index in [-0.39, 0.29) is 5.91 Å².